The van der Waals surface area contributed by atoms with Gasteiger partial charge in [0.05, 0.1) is 28.0 Å². The lowest BCUT2D eigenvalue weighted by Crippen LogP contribution is -2.57. The van der Waals surface area contributed by atoms with E-state index in [1.54, 1.807) is 0 Å². The number of unbranched alkanes of at least 4 members (excludes halogenated alkanes) is 2. The molecule has 0 aromatic carbocycles. The van der Waals surface area contributed by atoms with E-state index in [1.165, 1.54) is 19.4 Å². The number of esters is 2. The summed E-state index contributed by atoms with van der Waals surface area (Å²) in [5, 5.41) is 22.6. The lowest BCUT2D eigenvalue weighted by Gasteiger charge is -2.60. The smallest absolute Gasteiger partial charge is 0.302 e. The highest BCUT2D eigenvalue weighted by Crippen LogP contribution is 2.65. The van der Waals surface area contributed by atoms with Crippen molar-refractivity contribution >= 4 is 50.1 Å². The average molecular weight is 997 g/mol. The van der Waals surface area contributed by atoms with Gasteiger partial charge in [0, 0.05) is 45.1 Å². The van der Waals surface area contributed by atoms with Crippen molar-refractivity contribution in [2.75, 3.05) is 6.61 Å². The minimum absolute atomic E-state index is 0.0568. The molecule has 0 radical (unpaired) electrons. The Morgan fingerprint density at radius 2 is 1.45 bits per heavy atom. The number of aliphatic hydroxyl groups excluding tert-OH is 2. The third kappa shape index (κ3) is 10.0. The van der Waals surface area contributed by atoms with Crippen molar-refractivity contribution in [3.05, 3.63) is 24.0 Å². The summed E-state index contributed by atoms with van der Waals surface area (Å²) in [6, 6.07) is 0. The molecule has 2 N–H and O–H groups in total. The summed E-state index contributed by atoms with van der Waals surface area (Å²) in [5.41, 5.74) is 1.75. The van der Waals surface area contributed by atoms with Gasteiger partial charge < -0.3 is 34.1 Å². The van der Waals surface area contributed by atoms with Gasteiger partial charge in [0.2, 0.25) is 0 Å². The Balaban J connectivity index is 0.000000186. The fourth-order valence-electron chi connectivity index (χ4n) is 14.9. The lowest BCUT2D eigenvalue weighted by atomic mass is 9.46. The molecule has 7 saturated carbocycles. The fraction of sp³-hybridized carbons (Fsp3) is 0.860. The molecule has 7 fully saturated rings. The highest BCUT2D eigenvalue weighted by Gasteiger charge is 2.62. The van der Waals surface area contributed by atoms with Crippen molar-refractivity contribution in [2.24, 2.45) is 64.1 Å². The van der Waals surface area contributed by atoms with Gasteiger partial charge in [0.15, 0.2) is 0 Å². The van der Waals surface area contributed by atoms with Gasteiger partial charge in [-0.1, -0.05) is 70.9 Å². The fourth-order valence-corrected chi connectivity index (χ4v) is 16.8. The first-order valence-electron chi connectivity index (χ1n) is 24.4. The van der Waals surface area contributed by atoms with Crippen LogP contribution >= 0.6 is 31.9 Å². The first-order chi connectivity index (χ1) is 29.6. The second-order valence-electron chi connectivity index (χ2n) is 21.2. The molecule has 0 spiro atoms. The highest BCUT2D eigenvalue weighted by molar-refractivity contribution is 9.09. The number of carbonyl (C=O) groups is 3. The van der Waals surface area contributed by atoms with Crippen LogP contribution in [0.4, 0.5) is 0 Å². The maximum absolute atomic E-state index is 11.6. The number of aliphatic hydroxyl groups is 2. The number of fused-ring (bicyclic) bond motifs is 10. The Labute approximate surface area is 388 Å². The van der Waals surface area contributed by atoms with Gasteiger partial charge in [-0.05, 0) is 155 Å². The second kappa shape index (κ2) is 20.7. The molecule has 7 unspecified atom stereocenters. The maximum atomic E-state index is 11.6. The van der Waals surface area contributed by atoms with Crippen LogP contribution in [0.5, 0.6) is 0 Å². The quantitative estimate of drug-likeness (QED) is 0.0268. The monoisotopic (exact) mass is 994 g/mol. The molecule has 8 aliphatic carbocycles. The number of hydrogen-bond acceptors (Lipinski definition) is 10. The van der Waals surface area contributed by atoms with E-state index in [0.717, 1.165) is 115 Å². The molecular weight excluding hydrogens is 920 g/mol. The zero-order chi connectivity index (χ0) is 44.5. The number of ether oxygens (including phenoxy) is 3. The molecule has 10 nitrogen and oxygen atoms in total. The molecule has 8 rings (SSSR count). The second-order valence-corrected chi connectivity index (χ2v) is 23.6. The first-order valence-corrected chi connectivity index (χ1v) is 26.2. The molecule has 0 bridgehead atoms. The zero-order valence-electron chi connectivity index (χ0n) is 38.0. The number of rotatable bonds is 13. The average Bonchev–Trinajstić information content (AvgIpc) is 3.71. The van der Waals surface area contributed by atoms with Gasteiger partial charge in [-0.15, -0.1) is 0 Å². The third-order valence-corrected chi connectivity index (χ3v) is 19.5. The number of alkyl halides is 2. The number of carbonyl (C=O) groups excluding carboxylic acids is 3. The number of halogens is 2. The Kier molecular flexibility index (Phi) is 16.2. The van der Waals surface area contributed by atoms with E-state index in [9.17, 15) is 24.6 Å². The van der Waals surface area contributed by atoms with E-state index < -0.39 is 6.10 Å². The van der Waals surface area contributed by atoms with E-state index in [1.807, 2.05) is 0 Å². The van der Waals surface area contributed by atoms with Crippen LogP contribution in [-0.4, -0.2) is 81.3 Å². The number of hydrogen-bond donors (Lipinski definition) is 2. The van der Waals surface area contributed by atoms with E-state index in [0.29, 0.717) is 66.1 Å². The van der Waals surface area contributed by atoms with Crippen molar-refractivity contribution in [1.82, 2.24) is 0 Å². The molecule has 0 saturated heterocycles. The molecule has 0 amide bonds. The summed E-state index contributed by atoms with van der Waals surface area (Å²) >= 11 is 7.57. The van der Waals surface area contributed by atoms with Gasteiger partial charge in [-0.2, -0.15) is 4.89 Å². The van der Waals surface area contributed by atoms with E-state index >= 15 is 0 Å². The summed E-state index contributed by atoms with van der Waals surface area (Å²) < 4.78 is 17.5. The predicted molar refractivity (Wildman–Crippen MR) is 244 cm³/mol. The van der Waals surface area contributed by atoms with Crippen LogP contribution in [0.1, 0.15) is 150 Å². The summed E-state index contributed by atoms with van der Waals surface area (Å²) in [6.45, 7) is 14.6. The molecular formula is C50H76Br2O10. The van der Waals surface area contributed by atoms with Crippen LogP contribution in [0.3, 0.4) is 0 Å². The Morgan fingerprint density at radius 3 is 2.08 bits per heavy atom. The molecule has 0 heterocycles. The predicted octanol–water partition coefficient (Wildman–Crippen LogP) is 10.1. The van der Waals surface area contributed by atoms with Gasteiger partial charge in [0.1, 0.15) is 30.4 Å². The summed E-state index contributed by atoms with van der Waals surface area (Å²) in [7, 11) is 0. The van der Waals surface area contributed by atoms with Crippen molar-refractivity contribution in [1.29, 1.82) is 0 Å². The van der Waals surface area contributed by atoms with Gasteiger partial charge in [0.25, 0.3) is 0 Å². The molecule has 350 valence electrons. The topological polar surface area (TPSA) is 138 Å². The van der Waals surface area contributed by atoms with Crippen molar-refractivity contribution in [3.63, 3.8) is 0 Å². The van der Waals surface area contributed by atoms with E-state index in [2.05, 4.69) is 65.3 Å². The Bertz CT molecular complexity index is 1620. The number of allylic oxidation sites excluding steroid dienone is 1. The van der Waals surface area contributed by atoms with Crippen LogP contribution in [0, 0.1) is 64.1 Å². The molecule has 0 aromatic rings. The molecule has 62 heavy (non-hydrogen) atoms. The highest BCUT2D eigenvalue weighted by atomic mass is 79.9. The van der Waals surface area contributed by atoms with Gasteiger partial charge in [-0.3, -0.25) is 9.59 Å². The molecule has 12 heteroatoms. The van der Waals surface area contributed by atoms with Crippen LogP contribution in [0.2, 0.25) is 0 Å². The van der Waals surface area contributed by atoms with Crippen LogP contribution in [-0.2, 0) is 38.4 Å². The largest absolute Gasteiger partial charge is 0.461 e. The normalized spacial score (nSPS) is 45.2. The molecule has 19 atom stereocenters. The van der Waals surface area contributed by atoms with Crippen molar-refractivity contribution in [2.45, 2.75) is 196 Å². The lowest BCUT2D eigenvalue weighted by molar-refractivity contribution is -0.312. The van der Waals surface area contributed by atoms with Crippen LogP contribution in [0.25, 0.3) is 0 Å². The third-order valence-electron chi connectivity index (χ3n) is 17.8. The van der Waals surface area contributed by atoms with Crippen molar-refractivity contribution in [3.8, 4) is 0 Å². The van der Waals surface area contributed by atoms with Gasteiger partial charge in [-0.25, -0.2) is 0 Å². The zero-order valence-corrected chi connectivity index (χ0v) is 41.2. The van der Waals surface area contributed by atoms with Crippen molar-refractivity contribution < 1.29 is 48.6 Å². The first kappa shape index (κ1) is 48.6. The Morgan fingerprint density at radius 1 is 0.823 bits per heavy atom. The SMILES string of the molecule is C=C(CCC)OO[C@H]1CC[C@@]2(C)C(C1)C[C@H](O)C1C3C[C@@H](Br)[C@H](OC(C)=O)[C@H]3CCC12.CC(=O)O[C@H]1[C@H](Br)CC2C3C(CC[C@@H]21)[C@@]1(C)CC[C@H](OCCCCC=O)CC1=C[C@@H]3O. The number of aldehydes is 1. The summed E-state index contributed by atoms with van der Waals surface area (Å²) in [5.74, 6) is 3.82. The van der Waals surface area contributed by atoms with E-state index in [-0.39, 0.29) is 68.9 Å². The standard InChI is InChI=1S/C25H39BrO5.C25H37BrO5/c1-5-6-14(2)30-31-17-9-10-25(4)16(11-17)12-22(28)23-19-13-21(26)24(29-15(3)27)18(19)7-8-20(23)25;1-15(28)31-24-18-6-7-20-23(19(18)14-21(24)26)22(29)13-16-12-17(8-9-25(16,20)2)30-11-5-3-4-10-27/h16-24,28H,2,5-13H2,1,3-4H3;10,13,17-24,29H,3-9,11-12,14H2,1-2H3/t16?,17-,18-,19?,20?,21+,22-,23?,24+,25-;17-,18-,19?,20?,21+,22-,23?,24+,25-/m00/s1. The summed E-state index contributed by atoms with van der Waals surface area (Å²) in [6.07, 6.45) is 20.1. The summed E-state index contributed by atoms with van der Waals surface area (Å²) in [4.78, 5) is 45.4. The molecule has 0 aliphatic heterocycles. The molecule has 0 aromatic heterocycles. The molecule has 8 aliphatic rings. The van der Waals surface area contributed by atoms with Crippen LogP contribution in [0.15, 0.2) is 24.0 Å². The van der Waals surface area contributed by atoms with Gasteiger partial charge >= 0.3 is 11.9 Å². The maximum Gasteiger partial charge on any atom is 0.302 e. The minimum Gasteiger partial charge on any atom is -0.461 e. The Hall–Kier alpha value is -1.31. The van der Waals surface area contributed by atoms with E-state index in [4.69, 9.17) is 24.0 Å². The van der Waals surface area contributed by atoms with Crippen LogP contribution < -0.4 is 0 Å². The minimum atomic E-state index is -0.428.